The minimum absolute atomic E-state index is 0.260. The van der Waals surface area contributed by atoms with Gasteiger partial charge in [-0.25, -0.2) is 4.98 Å². The number of esters is 1. The molecule has 28 heavy (non-hydrogen) atoms. The highest BCUT2D eigenvalue weighted by Gasteiger charge is 2.10. The van der Waals surface area contributed by atoms with Gasteiger partial charge >= 0.3 is 5.97 Å². The molecule has 6 heteroatoms. The third-order valence-electron chi connectivity index (χ3n) is 4.60. The van der Waals surface area contributed by atoms with Crippen molar-refractivity contribution in [1.29, 1.82) is 0 Å². The molecule has 0 spiro atoms. The summed E-state index contributed by atoms with van der Waals surface area (Å²) in [6.07, 6.45) is 2.73. The largest absolute Gasteiger partial charge is 0.456 e. The van der Waals surface area contributed by atoms with Gasteiger partial charge in [-0.1, -0.05) is 24.3 Å². The van der Waals surface area contributed by atoms with Crippen LogP contribution in [0, 0.1) is 13.8 Å². The topological polar surface area (TPSA) is 68.3 Å². The van der Waals surface area contributed by atoms with Crippen LogP contribution in [-0.2, 0) is 20.7 Å². The number of aryl methyl sites for hydroxylation is 2. The van der Waals surface area contributed by atoms with Gasteiger partial charge in [-0.3, -0.25) is 9.59 Å². The number of benzene rings is 2. The molecule has 0 bridgehead atoms. The fourth-order valence-electron chi connectivity index (χ4n) is 2.86. The Balaban J connectivity index is 1.35. The van der Waals surface area contributed by atoms with Crippen LogP contribution in [-0.4, -0.2) is 23.5 Å². The van der Waals surface area contributed by atoms with Gasteiger partial charge in [0.1, 0.15) is 0 Å². The fourth-order valence-corrected chi connectivity index (χ4v) is 3.87. The van der Waals surface area contributed by atoms with E-state index in [1.807, 2.05) is 50.2 Å². The number of ether oxygens (including phenoxy) is 1. The minimum Gasteiger partial charge on any atom is -0.456 e. The summed E-state index contributed by atoms with van der Waals surface area (Å²) in [7, 11) is 0. The van der Waals surface area contributed by atoms with Crippen LogP contribution in [0.1, 0.15) is 35.4 Å². The van der Waals surface area contributed by atoms with Crippen molar-refractivity contribution < 1.29 is 14.3 Å². The van der Waals surface area contributed by atoms with Gasteiger partial charge in [-0.15, -0.1) is 11.3 Å². The van der Waals surface area contributed by atoms with Crippen LogP contribution in [0.25, 0.3) is 10.2 Å². The molecule has 0 atom stereocenters. The van der Waals surface area contributed by atoms with Crippen molar-refractivity contribution >= 4 is 39.1 Å². The number of amides is 1. The third-order valence-corrected chi connectivity index (χ3v) is 5.70. The van der Waals surface area contributed by atoms with Gasteiger partial charge in [0.25, 0.3) is 5.91 Å². The van der Waals surface area contributed by atoms with E-state index in [1.165, 1.54) is 4.70 Å². The predicted octanol–water partition coefficient (Wildman–Crippen LogP) is 4.81. The fraction of sp³-hybridized carbons (Fsp3) is 0.318. The number of nitrogens with one attached hydrogen (secondary N) is 1. The summed E-state index contributed by atoms with van der Waals surface area (Å²) < 4.78 is 6.27. The normalized spacial score (nSPS) is 10.8. The summed E-state index contributed by atoms with van der Waals surface area (Å²) >= 11 is 1.69. The van der Waals surface area contributed by atoms with E-state index in [2.05, 4.69) is 16.4 Å². The number of unbranched alkanes of at least 4 members (excludes halogenated alkanes) is 1. The Hall–Kier alpha value is -2.73. The van der Waals surface area contributed by atoms with Crippen LogP contribution in [0.5, 0.6) is 0 Å². The van der Waals surface area contributed by atoms with Crippen molar-refractivity contribution in [3.05, 3.63) is 58.6 Å². The lowest BCUT2D eigenvalue weighted by Crippen LogP contribution is -2.21. The first kappa shape index (κ1) is 20.0. The zero-order valence-electron chi connectivity index (χ0n) is 16.2. The maximum absolute atomic E-state index is 12.0. The second-order valence-electron chi connectivity index (χ2n) is 6.74. The minimum atomic E-state index is -0.347. The Bertz CT molecular complexity index is 948. The van der Waals surface area contributed by atoms with Gasteiger partial charge in [0, 0.05) is 12.1 Å². The first-order valence-electron chi connectivity index (χ1n) is 9.39. The smallest absolute Gasteiger partial charge is 0.306 e. The Morgan fingerprint density at radius 2 is 1.89 bits per heavy atom. The Morgan fingerprint density at radius 3 is 2.71 bits per heavy atom. The van der Waals surface area contributed by atoms with Crippen LogP contribution < -0.4 is 5.32 Å². The Morgan fingerprint density at radius 1 is 1.07 bits per heavy atom. The summed E-state index contributed by atoms with van der Waals surface area (Å²) in [5.41, 5.74) is 3.88. The number of para-hydroxylation sites is 1. The molecule has 2 aromatic carbocycles. The molecule has 0 fully saturated rings. The van der Waals surface area contributed by atoms with Crippen molar-refractivity contribution in [3.8, 4) is 0 Å². The number of anilines is 1. The summed E-state index contributed by atoms with van der Waals surface area (Å²) in [5, 5.41) is 3.87. The number of rotatable bonds is 8. The van der Waals surface area contributed by atoms with Crippen molar-refractivity contribution in [1.82, 2.24) is 4.98 Å². The van der Waals surface area contributed by atoms with E-state index in [4.69, 9.17) is 4.74 Å². The molecule has 1 aromatic heterocycles. The molecule has 0 saturated carbocycles. The van der Waals surface area contributed by atoms with Gasteiger partial charge in [-0.2, -0.15) is 0 Å². The van der Waals surface area contributed by atoms with E-state index >= 15 is 0 Å². The van der Waals surface area contributed by atoms with Crippen molar-refractivity contribution in [2.24, 2.45) is 0 Å². The molecule has 0 unspecified atom stereocenters. The van der Waals surface area contributed by atoms with Gasteiger partial charge in [0.2, 0.25) is 0 Å². The quantitative estimate of drug-likeness (QED) is 0.438. The first-order chi connectivity index (χ1) is 13.5. The zero-order valence-corrected chi connectivity index (χ0v) is 17.0. The highest BCUT2D eigenvalue weighted by atomic mass is 32.1. The van der Waals surface area contributed by atoms with Gasteiger partial charge in [0.05, 0.1) is 15.2 Å². The van der Waals surface area contributed by atoms with E-state index in [1.54, 1.807) is 11.3 Å². The molecule has 0 aliphatic carbocycles. The third kappa shape index (κ3) is 5.39. The van der Waals surface area contributed by atoms with E-state index < -0.39 is 0 Å². The molecular formula is C22H24N2O3S. The van der Waals surface area contributed by atoms with Crippen molar-refractivity contribution in [3.63, 3.8) is 0 Å². The lowest BCUT2D eigenvalue weighted by Gasteiger charge is -2.10. The lowest BCUT2D eigenvalue weighted by atomic mass is 10.1. The van der Waals surface area contributed by atoms with Crippen LogP contribution in [0.3, 0.4) is 0 Å². The molecule has 5 nitrogen and oxygen atoms in total. The first-order valence-corrected chi connectivity index (χ1v) is 10.2. The van der Waals surface area contributed by atoms with Crippen LogP contribution in [0.4, 0.5) is 5.69 Å². The standard InChI is InChI=1S/C22H24N2O3S/c1-15-8-7-10-17(16(15)2)23-20(25)14-27-22(26)13-6-5-12-21-24-18-9-3-4-11-19(18)28-21/h3-4,7-11H,5-6,12-14H2,1-2H3,(H,23,25). The van der Waals surface area contributed by atoms with Gasteiger partial charge < -0.3 is 10.1 Å². The molecule has 0 aliphatic rings. The summed E-state index contributed by atoms with van der Waals surface area (Å²) in [5.74, 6) is -0.670. The van der Waals surface area contributed by atoms with E-state index in [0.717, 1.165) is 40.2 Å². The molecule has 0 aliphatic heterocycles. The molecule has 146 valence electrons. The average molecular weight is 397 g/mol. The highest BCUT2D eigenvalue weighted by Crippen LogP contribution is 2.23. The molecular weight excluding hydrogens is 372 g/mol. The molecule has 3 rings (SSSR count). The number of thiazole rings is 1. The molecule has 0 radical (unpaired) electrons. The van der Waals surface area contributed by atoms with Crippen molar-refractivity contribution in [2.45, 2.75) is 39.5 Å². The van der Waals surface area contributed by atoms with E-state index in [-0.39, 0.29) is 18.5 Å². The number of hydrogen-bond acceptors (Lipinski definition) is 5. The Kier molecular flexibility index (Phi) is 6.76. The number of carbonyl (C=O) groups excluding carboxylic acids is 2. The molecule has 1 amide bonds. The number of nitrogens with zero attached hydrogens (tertiary/aromatic N) is 1. The summed E-state index contributed by atoms with van der Waals surface area (Å²) in [6.45, 7) is 3.67. The number of fused-ring (bicyclic) bond motifs is 1. The predicted molar refractivity (Wildman–Crippen MR) is 113 cm³/mol. The number of aromatic nitrogens is 1. The molecule has 3 aromatic rings. The summed E-state index contributed by atoms with van der Waals surface area (Å²) in [6, 6.07) is 13.8. The van der Waals surface area contributed by atoms with Crippen molar-refractivity contribution in [2.75, 3.05) is 11.9 Å². The monoisotopic (exact) mass is 396 g/mol. The maximum Gasteiger partial charge on any atom is 0.306 e. The van der Waals surface area contributed by atoms with Crippen LogP contribution in [0.15, 0.2) is 42.5 Å². The van der Waals surface area contributed by atoms with Crippen LogP contribution >= 0.6 is 11.3 Å². The molecule has 1 heterocycles. The van der Waals surface area contributed by atoms with Gasteiger partial charge in [-0.05, 0) is 62.4 Å². The van der Waals surface area contributed by atoms with E-state index in [9.17, 15) is 9.59 Å². The molecule has 0 saturated heterocycles. The maximum atomic E-state index is 12.0. The second kappa shape index (κ2) is 9.46. The SMILES string of the molecule is Cc1cccc(NC(=O)COC(=O)CCCCc2nc3ccccc3s2)c1C. The Labute approximate surface area is 168 Å². The molecule has 1 N–H and O–H groups in total. The van der Waals surface area contributed by atoms with Gasteiger partial charge in [0.15, 0.2) is 6.61 Å². The average Bonchev–Trinajstić information content (AvgIpc) is 3.10. The lowest BCUT2D eigenvalue weighted by molar-refractivity contribution is -0.147. The zero-order chi connectivity index (χ0) is 19.9. The number of hydrogen-bond donors (Lipinski definition) is 1. The number of carbonyl (C=O) groups is 2. The second-order valence-corrected chi connectivity index (χ2v) is 7.85. The summed E-state index contributed by atoms with van der Waals surface area (Å²) in [4.78, 5) is 28.4. The van der Waals surface area contributed by atoms with E-state index in [0.29, 0.717) is 12.8 Å². The van der Waals surface area contributed by atoms with Crippen LogP contribution in [0.2, 0.25) is 0 Å². The highest BCUT2D eigenvalue weighted by molar-refractivity contribution is 7.18.